The quantitative estimate of drug-likeness (QED) is 0.363. The second-order valence-electron chi connectivity index (χ2n) is 6.77. The number of fused-ring (bicyclic) bond motifs is 1. The lowest BCUT2D eigenvalue weighted by molar-refractivity contribution is 0.273. The van der Waals surface area contributed by atoms with Gasteiger partial charge in [-0.15, -0.1) is 0 Å². The summed E-state index contributed by atoms with van der Waals surface area (Å²) in [5.41, 5.74) is 1.82. The van der Waals surface area contributed by atoms with Gasteiger partial charge in [0.2, 0.25) is 0 Å². The molecule has 30 heavy (non-hydrogen) atoms. The largest absolute Gasteiger partial charge is 0.496 e. The first kappa shape index (κ1) is 19.6. The van der Waals surface area contributed by atoms with Gasteiger partial charge in [0, 0.05) is 21.9 Å². The number of rotatable bonds is 8. The van der Waals surface area contributed by atoms with Crippen molar-refractivity contribution < 1.29 is 18.9 Å². The molecule has 4 aromatic rings. The molecule has 0 radical (unpaired) electrons. The van der Waals surface area contributed by atoms with Gasteiger partial charge in [0.25, 0.3) is 0 Å². The molecule has 0 N–H and O–H groups in total. The van der Waals surface area contributed by atoms with E-state index in [-0.39, 0.29) is 0 Å². The van der Waals surface area contributed by atoms with Crippen LogP contribution in [0.3, 0.4) is 0 Å². The molecule has 0 spiro atoms. The minimum Gasteiger partial charge on any atom is -0.496 e. The van der Waals surface area contributed by atoms with Crippen molar-refractivity contribution in [2.45, 2.75) is 13.2 Å². The van der Waals surface area contributed by atoms with Gasteiger partial charge in [-0.2, -0.15) is 0 Å². The molecule has 0 heterocycles. The molecule has 0 fully saturated rings. The van der Waals surface area contributed by atoms with Crippen LogP contribution in [-0.4, -0.2) is 14.2 Å². The Hall–Kier alpha value is -3.66. The van der Waals surface area contributed by atoms with Gasteiger partial charge in [0.1, 0.15) is 36.2 Å². The maximum absolute atomic E-state index is 6.08. The van der Waals surface area contributed by atoms with Crippen LogP contribution in [0.2, 0.25) is 0 Å². The molecule has 0 bridgehead atoms. The van der Waals surface area contributed by atoms with Crippen LogP contribution in [0.25, 0.3) is 10.8 Å². The van der Waals surface area contributed by atoms with Crippen molar-refractivity contribution >= 4 is 10.8 Å². The monoisotopic (exact) mass is 400 g/mol. The van der Waals surface area contributed by atoms with Crippen LogP contribution in [0.1, 0.15) is 11.1 Å². The van der Waals surface area contributed by atoms with Crippen LogP contribution in [0, 0.1) is 0 Å². The first-order valence-electron chi connectivity index (χ1n) is 9.82. The molecule has 0 aliphatic carbocycles. The topological polar surface area (TPSA) is 36.9 Å². The predicted octanol–water partition coefficient (Wildman–Crippen LogP) is 6.02. The van der Waals surface area contributed by atoms with Gasteiger partial charge in [-0.3, -0.25) is 0 Å². The predicted molar refractivity (Wildman–Crippen MR) is 119 cm³/mol. The van der Waals surface area contributed by atoms with Gasteiger partial charge >= 0.3 is 0 Å². The van der Waals surface area contributed by atoms with Gasteiger partial charge in [-0.1, -0.05) is 60.7 Å². The van der Waals surface area contributed by atoms with E-state index in [4.69, 9.17) is 18.9 Å². The van der Waals surface area contributed by atoms with Gasteiger partial charge in [0.15, 0.2) is 0 Å². The third kappa shape index (κ3) is 4.03. The fraction of sp³-hybridized carbons (Fsp3) is 0.154. The first-order valence-corrected chi connectivity index (χ1v) is 9.82. The van der Waals surface area contributed by atoms with Crippen molar-refractivity contribution in [2.24, 2.45) is 0 Å². The lowest BCUT2D eigenvalue weighted by atomic mass is 9.98. The number of hydrogen-bond donors (Lipinski definition) is 0. The van der Waals surface area contributed by atoms with E-state index in [1.807, 2.05) is 84.9 Å². The van der Waals surface area contributed by atoms with Gasteiger partial charge in [0.05, 0.1) is 14.2 Å². The molecule has 0 unspecified atom stereocenters. The van der Waals surface area contributed by atoms with Crippen LogP contribution in [0.15, 0.2) is 84.9 Å². The standard InChI is InChI=1S/C26H24O4/c1-27-25-21-15-9-10-16-22(21)26(28-2)24(18-30-20-13-7-4-8-14-20)23(25)17-29-19-11-5-3-6-12-19/h3-16H,17-18H2,1-2H3. The van der Waals surface area contributed by atoms with Crippen molar-refractivity contribution in [1.82, 2.24) is 0 Å². The maximum Gasteiger partial charge on any atom is 0.133 e. The number of para-hydroxylation sites is 2. The van der Waals surface area contributed by atoms with Gasteiger partial charge < -0.3 is 18.9 Å². The van der Waals surface area contributed by atoms with E-state index < -0.39 is 0 Å². The molecule has 4 heteroatoms. The third-order valence-corrected chi connectivity index (χ3v) is 4.99. The molecule has 0 amide bonds. The summed E-state index contributed by atoms with van der Waals surface area (Å²) in [5, 5.41) is 1.96. The molecule has 0 saturated heterocycles. The van der Waals surface area contributed by atoms with Crippen molar-refractivity contribution in [1.29, 1.82) is 0 Å². The molecule has 4 aromatic carbocycles. The maximum atomic E-state index is 6.08. The number of benzene rings is 4. The summed E-state index contributed by atoms with van der Waals surface area (Å²) in [4.78, 5) is 0. The zero-order chi connectivity index (χ0) is 20.8. The lowest BCUT2D eigenvalue weighted by Gasteiger charge is -2.21. The van der Waals surface area contributed by atoms with E-state index in [0.717, 1.165) is 44.9 Å². The summed E-state index contributed by atoms with van der Waals surface area (Å²) in [5.74, 6) is 3.13. The molecule has 4 rings (SSSR count). The Bertz CT molecular complexity index is 1020. The summed E-state index contributed by atoms with van der Waals surface area (Å²) in [6.45, 7) is 0.670. The van der Waals surface area contributed by atoms with Crippen molar-refractivity contribution in [3.05, 3.63) is 96.1 Å². The Labute approximate surface area is 176 Å². The minimum absolute atomic E-state index is 0.335. The minimum atomic E-state index is 0.335. The molecular weight excluding hydrogens is 376 g/mol. The van der Waals surface area contributed by atoms with E-state index in [9.17, 15) is 0 Å². The average Bonchev–Trinajstić information content (AvgIpc) is 2.81. The molecule has 0 aliphatic rings. The van der Waals surface area contributed by atoms with E-state index >= 15 is 0 Å². The molecule has 0 aliphatic heterocycles. The second kappa shape index (κ2) is 9.23. The normalized spacial score (nSPS) is 10.6. The molecular formula is C26H24O4. The fourth-order valence-corrected chi connectivity index (χ4v) is 3.59. The summed E-state index contributed by atoms with van der Waals surface area (Å²) in [7, 11) is 3.37. The molecule has 152 valence electrons. The van der Waals surface area contributed by atoms with E-state index in [1.165, 1.54) is 0 Å². The summed E-state index contributed by atoms with van der Waals surface area (Å²) in [6, 6.07) is 27.5. The third-order valence-electron chi connectivity index (χ3n) is 4.99. The summed E-state index contributed by atoms with van der Waals surface area (Å²) >= 11 is 0. The molecule has 0 aromatic heterocycles. The number of ether oxygens (including phenoxy) is 4. The molecule has 0 saturated carbocycles. The van der Waals surface area contributed by atoms with Crippen LogP contribution in [0.5, 0.6) is 23.0 Å². The van der Waals surface area contributed by atoms with Gasteiger partial charge in [-0.25, -0.2) is 0 Å². The zero-order valence-electron chi connectivity index (χ0n) is 17.1. The highest BCUT2D eigenvalue weighted by Gasteiger charge is 2.22. The second-order valence-corrected chi connectivity index (χ2v) is 6.77. The fourth-order valence-electron chi connectivity index (χ4n) is 3.59. The Morgan fingerprint density at radius 3 is 1.23 bits per heavy atom. The Kier molecular flexibility index (Phi) is 6.04. The smallest absolute Gasteiger partial charge is 0.133 e. The SMILES string of the molecule is COc1c(COc2ccccc2)c(COc2ccccc2)c(OC)c2ccccc12. The Morgan fingerprint density at radius 2 is 0.867 bits per heavy atom. The van der Waals surface area contributed by atoms with Crippen molar-refractivity contribution in [2.75, 3.05) is 14.2 Å². The first-order chi connectivity index (χ1) is 14.8. The average molecular weight is 400 g/mol. The number of methoxy groups -OCH3 is 2. The highest BCUT2D eigenvalue weighted by atomic mass is 16.5. The Morgan fingerprint density at radius 1 is 0.500 bits per heavy atom. The van der Waals surface area contributed by atoms with Crippen molar-refractivity contribution in [3.8, 4) is 23.0 Å². The van der Waals surface area contributed by atoms with Gasteiger partial charge in [-0.05, 0) is 24.3 Å². The highest BCUT2D eigenvalue weighted by molar-refractivity contribution is 5.96. The van der Waals surface area contributed by atoms with E-state index in [2.05, 4.69) is 0 Å². The van der Waals surface area contributed by atoms with Crippen LogP contribution in [0.4, 0.5) is 0 Å². The van der Waals surface area contributed by atoms with Crippen LogP contribution < -0.4 is 18.9 Å². The van der Waals surface area contributed by atoms with E-state index in [1.54, 1.807) is 14.2 Å². The van der Waals surface area contributed by atoms with E-state index in [0.29, 0.717) is 13.2 Å². The Balaban J connectivity index is 1.80. The van der Waals surface area contributed by atoms with Crippen LogP contribution in [-0.2, 0) is 13.2 Å². The molecule has 4 nitrogen and oxygen atoms in total. The molecule has 0 atom stereocenters. The summed E-state index contributed by atoms with van der Waals surface area (Å²) < 4.78 is 23.9. The lowest BCUT2D eigenvalue weighted by Crippen LogP contribution is -2.09. The zero-order valence-corrected chi connectivity index (χ0v) is 17.1. The summed E-state index contributed by atoms with van der Waals surface area (Å²) in [6.07, 6.45) is 0. The van der Waals surface area contributed by atoms with Crippen molar-refractivity contribution in [3.63, 3.8) is 0 Å². The number of hydrogen-bond acceptors (Lipinski definition) is 4. The van der Waals surface area contributed by atoms with Crippen LogP contribution >= 0.6 is 0 Å². The highest BCUT2D eigenvalue weighted by Crippen LogP contribution is 2.41.